The van der Waals surface area contributed by atoms with Crippen molar-refractivity contribution in [2.45, 2.75) is 20.8 Å². The molecule has 1 aliphatic carbocycles. The van der Waals surface area contributed by atoms with Gasteiger partial charge in [-0.1, -0.05) is 0 Å². The molecule has 0 spiro atoms. The molecule has 0 saturated heterocycles. The second-order valence-corrected chi connectivity index (χ2v) is 3.98. The summed E-state index contributed by atoms with van der Waals surface area (Å²) in [6.07, 6.45) is 1.32. The van der Waals surface area contributed by atoms with E-state index in [0.717, 1.165) is 0 Å². The van der Waals surface area contributed by atoms with E-state index in [2.05, 4.69) is 0 Å². The zero-order valence-electron chi connectivity index (χ0n) is 9.25. The van der Waals surface area contributed by atoms with Crippen LogP contribution in [0.4, 0.5) is 0 Å². The molecule has 0 aromatic heterocycles. The zero-order chi connectivity index (χ0) is 11.8. The van der Waals surface area contributed by atoms with Crippen molar-refractivity contribution in [3.8, 4) is 0 Å². The molecule has 15 heavy (non-hydrogen) atoms. The van der Waals surface area contributed by atoms with Gasteiger partial charge < -0.3 is 9.84 Å². The summed E-state index contributed by atoms with van der Waals surface area (Å²) in [5.41, 5.74) is -1.05. The summed E-state index contributed by atoms with van der Waals surface area (Å²) in [6.45, 7) is 4.56. The van der Waals surface area contributed by atoms with Gasteiger partial charge in [0, 0.05) is 6.08 Å². The highest BCUT2D eigenvalue weighted by Gasteiger charge is 2.41. The molecule has 1 rings (SSSR count). The van der Waals surface area contributed by atoms with Crippen molar-refractivity contribution in [1.29, 1.82) is 0 Å². The lowest BCUT2D eigenvalue weighted by Crippen LogP contribution is -2.34. The smallest absolute Gasteiger partial charge is 0.183 e. The molecule has 4 heteroatoms. The molecule has 4 nitrogen and oxygen atoms in total. The normalized spacial score (nSPS) is 20.0. The molecule has 0 unspecified atom stereocenters. The van der Waals surface area contributed by atoms with Gasteiger partial charge in [0.05, 0.1) is 12.5 Å². The summed E-state index contributed by atoms with van der Waals surface area (Å²) >= 11 is 0. The van der Waals surface area contributed by atoms with Crippen LogP contribution in [-0.4, -0.2) is 23.8 Å². The number of ketones is 2. The SMILES string of the molecule is COC1=CC(O)=C(C(C)=O)C(=O)C1(C)C. The van der Waals surface area contributed by atoms with E-state index in [9.17, 15) is 14.7 Å². The number of Topliss-reactive ketones (excluding diaryl/α,β-unsaturated/α-hetero) is 2. The van der Waals surface area contributed by atoms with Crippen LogP contribution in [0.5, 0.6) is 0 Å². The molecule has 0 heterocycles. The molecule has 0 aromatic carbocycles. The molecule has 1 N–H and O–H groups in total. The van der Waals surface area contributed by atoms with Crippen molar-refractivity contribution in [3.63, 3.8) is 0 Å². The number of ether oxygens (including phenoxy) is 1. The van der Waals surface area contributed by atoms with E-state index >= 15 is 0 Å². The van der Waals surface area contributed by atoms with Crippen LogP contribution in [0.1, 0.15) is 20.8 Å². The van der Waals surface area contributed by atoms with Crippen LogP contribution in [0.2, 0.25) is 0 Å². The predicted octanol–water partition coefficient (Wildman–Crippen LogP) is 1.53. The third-order valence-corrected chi connectivity index (χ3v) is 2.51. The monoisotopic (exact) mass is 210 g/mol. The Kier molecular flexibility index (Phi) is 2.71. The van der Waals surface area contributed by atoms with Crippen molar-refractivity contribution in [1.82, 2.24) is 0 Å². The molecule has 0 radical (unpaired) electrons. The quantitative estimate of drug-likeness (QED) is 0.702. The van der Waals surface area contributed by atoms with Crippen LogP contribution in [-0.2, 0) is 14.3 Å². The number of allylic oxidation sites excluding steroid dienone is 3. The third kappa shape index (κ3) is 1.67. The predicted molar refractivity (Wildman–Crippen MR) is 54.2 cm³/mol. The van der Waals surface area contributed by atoms with Crippen molar-refractivity contribution >= 4 is 11.6 Å². The first-order valence-electron chi connectivity index (χ1n) is 4.57. The van der Waals surface area contributed by atoms with Gasteiger partial charge in [0.25, 0.3) is 0 Å². The summed E-state index contributed by atoms with van der Waals surface area (Å²) in [5, 5.41) is 9.53. The maximum absolute atomic E-state index is 11.9. The van der Waals surface area contributed by atoms with Gasteiger partial charge >= 0.3 is 0 Å². The fourth-order valence-electron chi connectivity index (χ4n) is 1.57. The van der Waals surface area contributed by atoms with Crippen molar-refractivity contribution < 1.29 is 19.4 Å². The standard InChI is InChI=1S/C11H14O4/c1-6(12)9-7(13)5-8(15-4)11(2,3)10(9)14/h5,13H,1-4H3. The maximum Gasteiger partial charge on any atom is 0.183 e. The lowest BCUT2D eigenvalue weighted by molar-refractivity contribution is -0.126. The first-order chi connectivity index (χ1) is 6.82. The second kappa shape index (κ2) is 3.53. The van der Waals surface area contributed by atoms with E-state index in [0.29, 0.717) is 5.76 Å². The number of hydrogen-bond acceptors (Lipinski definition) is 4. The molecule has 0 bridgehead atoms. The highest BCUT2D eigenvalue weighted by molar-refractivity contribution is 6.23. The van der Waals surface area contributed by atoms with Crippen molar-refractivity contribution in [2.75, 3.05) is 7.11 Å². The molecule has 0 amide bonds. The van der Waals surface area contributed by atoms with Crippen LogP contribution in [0.3, 0.4) is 0 Å². The fourth-order valence-corrected chi connectivity index (χ4v) is 1.57. The topological polar surface area (TPSA) is 63.6 Å². The molecule has 1 aliphatic rings. The Hall–Kier alpha value is -1.58. The summed E-state index contributed by atoms with van der Waals surface area (Å²) in [6, 6.07) is 0. The van der Waals surface area contributed by atoms with Gasteiger partial charge in [-0.2, -0.15) is 0 Å². The molecule has 0 aromatic rings. The number of methoxy groups -OCH3 is 1. The van der Waals surface area contributed by atoms with Crippen LogP contribution >= 0.6 is 0 Å². The average molecular weight is 210 g/mol. The van der Waals surface area contributed by atoms with Crippen LogP contribution in [0, 0.1) is 5.41 Å². The van der Waals surface area contributed by atoms with Gasteiger partial charge in [-0.3, -0.25) is 9.59 Å². The van der Waals surface area contributed by atoms with E-state index in [1.165, 1.54) is 20.1 Å². The first kappa shape index (κ1) is 11.5. The van der Waals surface area contributed by atoms with E-state index < -0.39 is 17.0 Å². The van der Waals surface area contributed by atoms with Gasteiger partial charge in [-0.15, -0.1) is 0 Å². The highest BCUT2D eigenvalue weighted by atomic mass is 16.5. The van der Waals surface area contributed by atoms with Crippen molar-refractivity contribution in [3.05, 3.63) is 23.2 Å². The molecule has 82 valence electrons. The number of hydrogen-bond donors (Lipinski definition) is 1. The van der Waals surface area contributed by atoms with E-state index in [4.69, 9.17) is 4.74 Å². The van der Waals surface area contributed by atoms with Crippen LogP contribution in [0.15, 0.2) is 23.2 Å². The van der Waals surface area contributed by atoms with E-state index in [1.54, 1.807) is 13.8 Å². The van der Waals surface area contributed by atoms with Gasteiger partial charge in [0.1, 0.15) is 17.1 Å². The van der Waals surface area contributed by atoms with Crippen LogP contribution in [0.25, 0.3) is 0 Å². The minimum absolute atomic E-state index is 0.152. The Balaban J connectivity index is 3.37. The maximum atomic E-state index is 11.9. The molecule has 0 aliphatic heterocycles. The second-order valence-electron chi connectivity index (χ2n) is 3.98. The highest BCUT2D eigenvalue weighted by Crippen LogP contribution is 2.36. The zero-order valence-corrected chi connectivity index (χ0v) is 9.25. The summed E-state index contributed by atoms with van der Waals surface area (Å²) in [7, 11) is 1.42. The minimum atomic E-state index is -0.901. The average Bonchev–Trinajstić information content (AvgIpc) is 2.11. The number of rotatable bonds is 2. The fraction of sp³-hybridized carbons (Fsp3) is 0.455. The Labute approximate surface area is 88.2 Å². The van der Waals surface area contributed by atoms with Crippen LogP contribution < -0.4 is 0 Å². The Morgan fingerprint density at radius 1 is 1.47 bits per heavy atom. The van der Waals surface area contributed by atoms with Gasteiger partial charge in [-0.25, -0.2) is 0 Å². The van der Waals surface area contributed by atoms with E-state index in [-0.39, 0.29) is 11.3 Å². The molecule has 0 saturated carbocycles. The third-order valence-electron chi connectivity index (χ3n) is 2.51. The summed E-state index contributed by atoms with van der Waals surface area (Å²) in [5.74, 6) is -0.803. The summed E-state index contributed by atoms with van der Waals surface area (Å²) < 4.78 is 5.01. The first-order valence-corrected chi connectivity index (χ1v) is 4.57. The molecular formula is C11H14O4. The number of carbonyl (C=O) groups excluding carboxylic acids is 2. The van der Waals surface area contributed by atoms with Gasteiger partial charge in [0.2, 0.25) is 0 Å². The van der Waals surface area contributed by atoms with Crippen molar-refractivity contribution in [2.24, 2.45) is 5.41 Å². The molecular weight excluding hydrogens is 196 g/mol. The van der Waals surface area contributed by atoms with Gasteiger partial charge in [0.15, 0.2) is 11.6 Å². The van der Waals surface area contributed by atoms with E-state index in [1.807, 2.05) is 0 Å². The Morgan fingerprint density at radius 3 is 2.40 bits per heavy atom. The Bertz CT molecular complexity index is 385. The molecule has 0 atom stereocenters. The number of aliphatic hydroxyl groups is 1. The number of aliphatic hydroxyl groups excluding tert-OH is 1. The lowest BCUT2D eigenvalue weighted by Gasteiger charge is -2.29. The Morgan fingerprint density at radius 2 is 2.00 bits per heavy atom. The summed E-state index contributed by atoms with van der Waals surface area (Å²) in [4.78, 5) is 23.1. The number of carbonyl (C=O) groups is 2. The molecule has 0 fully saturated rings. The lowest BCUT2D eigenvalue weighted by atomic mass is 9.77. The van der Waals surface area contributed by atoms with Gasteiger partial charge in [-0.05, 0) is 20.8 Å². The minimum Gasteiger partial charge on any atom is -0.507 e. The largest absolute Gasteiger partial charge is 0.507 e.